The first-order valence-corrected chi connectivity index (χ1v) is 5.78. The van der Waals surface area contributed by atoms with Crippen LogP contribution in [0.15, 0.2) is 36.5 Å². The van der Waals surface area contributed by atoms with Crippen LogP contribution >= 0.6 is 0 Å². The molecule has 0 saturated heterocycles. The van der Waals surface area contributed by atoms with Gasteiger partial charge < -0.3 is 15.5 Å². The molecule has 20 heavy (non-hydrogen) atoms. The third-order valence-electron chi connectivity index (χ3n) is 2.71. The standard InChI is InChI=1S/C14H12N2O4/c1-8-3-2-6-15-12(8)13(18)16-9-4-5-10(14(19)20)11(17)7-9/h2-7,17H,1H3,(H,16,18)(H,19,20). The van der Waals surface area contributed by atoms with Crippen LogP contribution < -0.4 is 5.32 Å². The number of hydrogen-bond acceptors (Lipinski definition) is 4. The van der Waals surface area contributed by atoms with Gasteiger partial charge in [-0.3, -0.25) is 9.78 Å². The Balaban J connectivity index is 2.23. The first-order valence-electron chi connectivity index (χ1n) is 5.78. The van der Waals surface area contributed by atoms with Gasteiger partial charge in [0.15, 0.2) is 0 Å². The van der Waals surface area contributed by atoms with E-state index in [1.807, 2.05) is 0 Å². The highest BCUT2D eigenvalue weighted by atomic mass is 16.4. The zero-order valence-electron chi connectivity index (χ0n) is 10.6. The fourth-order valence-electron chi connectivity index (χ4n) is 1.70. The van der Waals surface area contributed by atoms with Crippen LogP contribution in [0.25, 0.3) is 0 Å². The highest BCUT2D eigenvalue weighted by Gasteiger charge is 2.13. The largest absolute Gasteiger partial charge is 0.507 e. The number of benzene rings is 1. The number of phenols is 1. The van der Waals surface area contributed by atoms with Crippen molar-refractivity contribution < 1.29 is 19.8 Å². The van der Waals surface area contributed by atoms with Crippen molar-refractivity contribution in [3.63, 3.8) is 0 Å². The number of anilines is 1. The summed E-state index contributed by atoms with van der Waals surface area (Å²) < 4.78 is 0. The normalized spacial score (nSPS) is 10.1. The Morgan fingerprint density at radius 1 is 1.25 bits per heavy atom. The minimum atomic E-state index is -1.24. The van der Waals surface area contributed by atoms with Gasteiger partial charge in [-0.2, -0.15) is 0 Å². The number of carboxylic acid groups (broad SMARTS) is 1. The predicted molar refractivity (Wildman–Crippen MR) is 72.0 cm³/mol. The number of carbonyl (C=O) groups excluding carboxylic acids is 1. The van der Waals surface area contributed by atoms with Crippen LogP contribution in [-0.4, -0.2) is 27.1 Å². The summed E-state index contributed by atoms with van der Waals surface area (Å²) in [6.07, 6.45) is 1.51. The van der Waals surface area contributed by atoms with Crippen LogP contribution in [0.4, 0.5) is 5.69 Å². The van der Waals surface area contributed by atoms with Crippen molar-refractivity contribution in [3.05, 3.63) is 53.3 Å². The first kappa shape index (κ1) is 13.5. The van der Waals surface area contributed by atoms with E-state index in [2.05, 4.69) is 10.3 Å². The van der Waals surface area contributed by atoms with Gasteiger partial charge in [-0.1, -0.05) is 6.07 Å². The van der Waals surface area contributed by atoms with Crippen molar-refractivity contribution in [2.24, 2.45) is 0 Å². The number of aryl methyl sites for hydroxylation is 1. The molecule has 1 amide bonds. The lowest BCUT2D eigenvalue weighted by Crippen LogP contribution is -2.15. The zero-order valence-corrected chi connectivity index (χ0v) is 10.6. The molecule has 1 aromatic carbocycles. The lowest BCUT2D eigenvalue weighted by atomic mass is 10.1. The molecule has 0 bridgehead atoms. The molecule has 1 aromatic heterocycles. The third kappa shape index (κ3) is 2.74. The molecule has 3 N–H and O–H groups in total. The van der Waals surface area contributed by atoms with E-state index in [1.54, 1.807) is 19.1 Å². The number of aromatic nitrogens is 1. The molecule has 102 valence electrons. The van der Waals surface area contributed by atoms with Gasteiger partial charge in [0.05, 0.1) is 0 Å². The lowest BCUT2D eigenvalue weighted by molar-refractivity contribution is 0.0693. The summed E-state index contributed by atoms with van der Waals surface area (Å²) in [5, 5.41) is 20.9. The van der Waals surface area contributed by atoms with E-state index in [4.69, 9.17) is 5.11 Å². The number of carbonyl (C=O) groups is 2. The Labute approximate surface area is 114 Å². The molecule has 6 nitrogen and oxygen atoms in total. The molecule has 0 aliphatic rings. The van der Waals surface area contributed by atoms with Gasteiger partial charge >= 0.3 is 5.97 Å². The van der Waals surface area contributed by atoms with Crippen LogP contribution in [-0.2, 0) is 0 Å². The molecule has 0 aliphatic carbocycles. The molecular weight excluding hydrogens is 260 g/mol. The fraction of sp³-hybridized carbons (Fsp3) is 0.0714. The van der Waals surface area contributed by atoms with Gasteiger partial charge in [0.2, 0.25) is 0 Å². The molecule has 0 unspecified atom stereocenters. The molecule has 6 heteroatoms. The molecular formula is C14H12N2O4. The molecule has 0 fully saturated rings. The van der Waals surface area contributed by atoms with E-state index < -0.39 is 17.6 Å². The van der Waals surface area contributed by atoms with E-state index >= 15 is 0 Å². The highest BCUT2D eigenvalue weighted by molar-refractivity contribution is 6.04. The number of aromatic hydroxyl groups is 1. The number of rotatable bonds is 3. The molecule has 0 atom stereocenters. The summed E-state index contributed by atoms with van der Waals surface area (Å²) in [4.78, 5) is 26.7. The minimum absolute atomic E-state index is 0.225. The fourth-order valence-corrected chi connectivity index (χ4v) is 1.70. The summed E-state index contributed by atoms with van der Waals surface area (Å²) in [6, 6.07) is 7.28. The molecule has 0 saturated carbocycles. The summed E-state index contributed by atoms with van der Waals surface area (Å²) in [5.41, 5.74) is 1.06. The second-order valence-corrected chi connectivity index (χ2v) is 4.16. The van der Waals surface area contributed by atoms with Crippen molar-refractivity contribution in [3.8, 4) is 5.75 Å². The Kier molecular flexibility index (Phi) is 3.65. The smallest absolute Gasteiger partial charge is 0.339 e. The highest BCUT2D eigenvalue weighted by Crippen LogP contribution is 2.22. The second-order valence-electron chi connectivity index (χ2n) is 4.16. The molecule has 0 aliphatic heterocycles. The number of amides is 1. The minimum Gasteiger partial charge on any atom is -0.507 e. The number of hydrogen-bond donors (Lipinski definition) is 3. The van der Waals surface area contributed by atoms with Gasteiger partial charge in [-0.15, -0.1) is 0 Å². The average Bonchev–Trinajstić information content (AvgIpc) is 2.38. The number of pyridine rings is 1. The van der Waals surface area contributed by atoms with E-state index in [9.17, 15) is 14.7 Å². The van der Waals surface area contributed by atoms with Crippen LogP contribution in [0.3, 0.4) is 0 Å². The maximum Gasteiger partial charge on any atom is 0.339 e. The monoisotopic (exact) mass is 272 g/mol. The van der Waals surface area contributed by atoms with Gasteiger partial charge in [-0.25, -0.2) is 4.79 Å². The van der Waals surface area contributed by atoms with Gasteiger partial charge in [-0.05, 0) is 30.7 Å². The summed E-state index contributed by atoms with van der Waals surface area (Å²) in [7, 11) is 0. The lowest BCUT2D eigenvalue weighted by Gasteiger charge is -2.08. The first-order chi connectivity index (χ1) is 9.49. The number of carboxylic acids is 1. The van der Waals surface area contributed by atoms with E-state index in [-0.39, 0.29) is 11.3 Å². The molecule has 0 radical (unpaired) electrons. The molecule has 2 aromatic rings. The maximum atomic E-state index is 12.0. The van der Waals surface area contributed by atoms with Gasteiger partial charge in [0.25, 0.3) is 5.91 Å². The number of nitrogens with zero attached hydrogens (tertiary/aromatic N) is 1. The van der Waals surface area contributed by atoms with Crippen molar-refractivity contribution in [2.75, 3.05) is 5.32 Å². The van der Waals surface area contributed by atoms with Gasteiger partial charge in [0, 0.05) is 18.0 Å². The Bertz CT molecular complexity index is 683. The SMILES string of the molecule is Cc1cccnc1C(=O)Nc1ccc(C(=O)O)c(O)c1. The van der Waals surface area contributed by atoms with Crippen molar-refractivity contribution in [2.45, 2.75) is 6.92 Å². The molecule has 1 heterocycles. The average molecular weight is 272 g/mol. The summed E-state index contributed by atoms with van der Waals surface area (Å²) >= 11 is 0. The Morgan fingerprint density at radius 2 is 2.00 bits per heavy atom. The van der Waals surface area contributed by atoms with E-state index in [0.717, 1.165) is 5.56 Å². The van der Waals surface area contributed by atoms with Crippen molar-refractivity contribution in [1.82, 2.24) is 4.98 Å². The maximum absolute atomic E-state index is 12.0. The van der Waals surface area contributed by atoms with Crippen molar-refractivity contribution >= 4 is 17.6 Å². The Hall–Kier alpha value is -2.89. The van der Waals surface area contributed by atoms with Crippen LogP contribution in [0, 0.1) is 6.92 Å². The van der Waals surface area contributed by atoms with E-state index in [1.165, 1.54) is 24.4 Å². The van der Waals surface area contributed by atoms with Crippen LogP contribution in [0.1, 0.15) is 26.4 Å². The third-order valence-corrected chi connectivity index (χ3v) is 2.71. The quantitative estimate of drug-likeness (QED) is 0.794. The second kappa shape index (κ2) is 5.40. The van der Waals surface area contributed by atoms with Gasteiger partial charge in [0.1, 0.15) is 17.0 Å². The molecule has 2 rings (SSSR count). The van der Waals surface area contributed by atoms with E-state index in [0.29, 0.717) is 5.69 Å². The number of nitrogens with one attached hydrogen (secondary N) is 1. The number of aromatic carboxylic acids is 1. The molecule has 0 spiro atoms. The predicted octanol–water partition coefficient (Wildman–Crippen LogP) is 2.05. The topological polar surface area (TPSA) is 99.5 Å². The van der Waals surface area contributed by atoms with Crippen LogP contribution in [0.2, 0.25) is 0 Å². The summed E-state index contributed by atoms with van der Waals surface area (Å²) in [6.45, 7) is 1.76. The van der Waals surface area contributed by atoms with Crippen molar-refractivity contribution in [1.29, 1.82) is 0 Å². The summed E-state index contributed by atoms with van der Waals surface area (Å²) in [5.74, 6) is -2.07. The van der Waals surface area contributed by atoms with Crippen LogP contribution in [0.5, 0.6) is 5.75 Å². The Morgan fingerprint density at radius 3 is 2.60 bits per heavy atom. The zero-order chi connectivity index (χ0) is 14.7.